The molecule has 3 rings (SSSR count). The van der Waals surface area contributed by atoms with Gasteiger partial charge in [-0.15, -0.1) is 23.4 Å². The highest BCUT2D eigenvalue weighted by molar-refractivity contribution is 8.14. The number of carbonyl (C=O) groups is 2. The van der Waals surface area contributed by atoms with Crippen molar-refractivity contribution in [3.8, 4) is 0 Å². The van der Waals surface area contributed by atoms with E-state index >= 15 is 0 Å². The highest BCUT2D eigenvalue weighted by Gasteiger charge is 2.70. The van der Waals surface area contributed by atoms with Crippen LogP contribution in [0.2, 0.25) is 0 Å². The van der Waals surface area contributed by atoms with Crippen LogP contribution in [0.4, 0.5) is 0 Å². The Kier molecular flexibility index (Phi) is 6.14. The van der Waals surface area contributed by atoms with Crippen molar-refractivity contribution < 1.29 is 18.0 Å². The standard InChI is InChI=1S/C21H27N3O4S3/c1-8-10-21(11-9-2)17(26)24-14(15(25)20(5,6)7)12(3)16(31(27,28)18(21)24)30-19-23-22-13(4)29-19/h8-9,16,18H,1-2,10-11H2,3-7H3. The number of hydrogen-bond donors (Lipinski definition) is 0. The van der Waals surface area contributed by atoms with Crippen LogP contribution in [0.3, 0.4) is 0 Å². The van der Waals surface area contributed by atoms with Crippen LogP contribution in [0.15, 0.2) is 40.9 Å². The van der Waals surface area contributed by atoms with Crippen LogP contribution in [0.1, 0.15) is 45.5 Å². The summed E-state index contributed by atoms with van der Waals surface area (Å²) in [6.45, 7) is 16.1. The number of sulfone groups is 1. The Bertz CT molecular complexity index is 1090. The van der Waals surface area contributed by atoms with Crippen LogP contribution in [-0.2, 0) is 19.4 Å². The van der Waals surface area contributed by atoms with Crippen molar-refractivity contribution >= 4 is 44.6 Å². The van der Waals surface area contributed by atoms with Crippen LogP contribution in [-0.4, -0.2) is 45.2 Å². The first-order valence-corrected chi connectivity index (χ1v) is 13.1. The average molecular weight is 482 g/mol. The van der Waals surface area contributed by atoms with Gasteiger partial charge in [-0.05, 0) is 32.3 Å². The second kappa shape index (κ2) is 7.97. The van der Waals surface area contributed by atoms with E-state index in [4.69, 9.17) is 0 Å². The predicted molar refractivity (Wildman–Crippen MR) is 123 cm³/mol. The monoisotopic (exact) mass is 481 g/mol. The van der Waals surface area contributed by atoms with Crippen molar-refractivity contribution in [2.75, 3.05) is 0 Å². The van der Waals surface area contributed by atoms with E-state index in [0.717, 1.165) is 16.8 Å². The quantitative estimate of drug-likeness (QED) is 0.430. The van der Waals surface area contributed by atoms with Crippen LogP contribution in [0.5, 0.6) is 0 Å². The molecule has 0 N–H and O–H groups in total. The molecule has 7 nitrogen and oxygen atoms in total. The summed E-state index contributed by atoms with van der Waals surface area (Å²) in [5.41, 5.74) is -1.46. The number of nitrogens with zero attached hydrogens (tertiary/aromatic N) is 3. The maximum absolute atomic E-state index is 13.9. The lowest BCUT2D eigenvalue weighted by Crippen LogP contribution is -2.74. The summed E-state index contributed by atoms with van der Waals surface area (Å²) < 4.78 is 27.2. The lowest BCUT2D eigenvalue weighted by atomic mass is 9.71. The normalized spacial score (nSPS) is 24.4. The number of amides is 1. The van der Waals surface area contributed by atoms with Crippen LogP contribution in [0.25, 0.3) is 0 Å². The van der Waals surface area contributed by atoms with Gasteiger partial charge >= 0.3 is 0 Å². The number of hydrogen-bond acceptors (Lipinski definition) is 8. The summed E-state index contributed by atoms with van der Waals surface area (Å²) in [7, 11) is -3.90. The SMILES string of the molecule is C=CCC1(CC=C)C(=O)N2C(C(=O)C(C)(C)C)=C(C)C(Sc3nnc(C)s3)S(=O)(=O)C21. The average Bonchev–Trinajstić information content (AvgIpc) is 3.08. The van der Waals surface area contributed by atoms with Crippen molar-refractivity contribution in [3.05, 3.63) is 41.6 Å². The molecule has 10 heteroatoms. The van der Waals surface area contributed by atoms with E-state index in [9.17, 15) is 18.0 Å². The molecular formula is C21H27N3O4S3. The predicted octanol–water partition coefficient (Wildman–Crippen LogP) is 3.89. The highest BCUT2D eigenvalue weighted by Crippen LogP contribution is 2.57. The number of rotatable bonds is 7. The fourth-order valence-electron chi connectivity index (χ4n) is 4.17. The van der Waals surface area contributed by atoms with Gasteiger partial charge in [0.25, 0.3) is 0 Å². The molecule has 168 valence electrons. The van der Waals surface area contributed by atoms with Crippen molar-refractivity contribution in [3.63, 3.8) is 0 Å². The fourth-order valence-corrected chi connectivity index (χ4v) is 9.55. The van der Waals surface area contributed by atoms with Crippen molar-refractivity contribution in [1.82, 2.24) is 15.1 Å². The lowest BCUT2D eigenvalue weighted by Gasteiger charge is -2.58. The highest BCUT2D eigenvalue weighted by atomic mass is 32.3. The van der Waals surface area contributed by atoms with E-state index in [0.29, 0.717) is 9.91 Å². The second-order valence-electron chi connectivity index (χ2n) is 8.91. The third kappa shape index (κ3) is 3.62. The van der Waals surface area contributed by atoms with Gasteiger partial charge in [0.05, 0.1) is 11.1 Å². The van der Waals surface area contributed by atoms with E-state index in [1.807, 2.05) is 0 Å². The Morgan fingerprint density at radius 1 is 1.23 bits per heavy atom. The zero-order chi connectivity index (χ0) is 23.4. The zero-order valence-electron chi connectivity index (χ0n) is 18.3. The maximum atomic E-state index is 13.9. The topological polar surface area (TPSA) is 97.3 Å². The van der Waals surface area contributed by atoms with Crippen molar-refractivity contribution in [2.45, 2.75) is 61.8 Å². The van der Waals surface area contributed by atoms with Crippen LogP contribution < -0.4 is 0 Å². The molecule has 1 aromatic rings. The van der Waals surface area contributed by atoms with E-state index in [1.54, 1.807) is 46.8 Å². The number of aromatic nitrogens is 2. The van der Waals surface area contributed by atoms with E-state index in [-0.39, 0.29) is 30.2 Å². The number of carbonyl (C=O) groups excluding carboxylic acids is 2. The Hall–Kier alpha value is -1.78. The molecule has 1 amide bonds. The molecular weight excluding hydrogens is 454 g/mol. The Morgan fingerprint density at radius 3 is 2.26 bits per heavy atom. The number of ketones is 1. The number of aryl methyl sites for hydroxylation is 1. The van der Waals surface area contributed by atoms with E-state index in [2.05, 4.69) is 23.4 Å². The van der Waals surface area contributed by atoms with Crippen LogP contribution >= 0.6 is 23.1 Å². The smallest absolute Gasteiger partial charge is 0.238 e. The minimum absolute atomic E-state index is 0.180. The molecule has 3 heterocycles. The van der Waals surface area contributed by atoms with Crippen molar-refractivity contribution in [1.29, 1.82) is 0 Å². The molecule has 0 spiro atoms. The summed E-state index contributed by atoms with van der Waals surface area (Å²) in [4.78, 5) is 28.0. The summed E-state index contributed by atoms with van der Waals surface area (Å²) in [5, 5.41) is 7.60. The van der Waals surface area contributed by atoms with Gasteiger partial charge in [0.15, 0.2) is 25.3 Å². The molecule has 1 fully saturated rings. The minimum Gasteiger partial charge on any atom is -0.292 e. The first-order valence-electron chi connectivity index (χ1n) is 9.83. The molecule has 2 unspecified atom stereocenters. The third-order valence-corrected chi connectivity index (χ3v) is 10.9. The van der Waals surface area contributed by atoms with Gasteiger partial charge in [-0.1, -0.05) is 56.0 Å². The van der Waals surface area contributed by atoms with Gasteiger partial charge in [-0.25, -0.2) is 8.42 Å². The zero-order valence-corrected chi connectivity index (χ0v) is 20.8. The lowest BCUT2D eigenvalue weighted by molar-refractivity contribution is -0.162. The molecule has 2 atom stereocenters. The maximum Gasteiger partial charge on any atom is 0.238 e. The largest absolute Gasteiger partial charge is 0.292 e. The Balaban J connectivity index is 2.24. The van der Waals surface area contributed by atoms with Gasteiger partial charge in [-0.3, -0.25) is 14.5 Å². The number of fused-ring (bicyclic) bond motifs is 1. The van der Waals surface area contributed by atoms with Gasteiger partial charge < -0.3 is 0 Å². The van der Waals surface area contributed by atoms with E-state index in [1.165, 1.54) is 16.2 Å². The summed E-state index contributed by atoms with van der Waals surface area (Å²) in [6, 6.07) is 0. The second-order valence-corrected chi connectivity index (χ2v) is 13.8. The molecule has 31 heavy (non-hydrogen) atoms. The molecule has 1 aromatic heterocycles. The number of Topliss-reactive ketones (excluding diaryl/α,β-unsaturated/α-hetero) is 1. The van der Waals surface area contributed by atoms with Gasteiger partial charge in [0, 0.05) is 5.41 Å². The number of thioether (sulfide) groups is 1. The van der Waals surface area contributed by atoms with Gasteiger partial charge in [0.2, 0.25) is 5.91 Å². The summed E-state index contributed by atoms with van der Waals surface area (Å²) in [5.74, 6) is -0.633. The third-order valence-electron chi connectivity index (χ3n) is 5.56. The first-order chi connectivity index (χ1) is 14.3. The summed E-state index contributed by atoms with van der Waals surface area (Å²) in [6.07, 6.45) is 3.48. The molecule has 1 saturated heterocycles. The minimum atomic E-state index is -3.90. The number of allylic oxidation sites excluding steroid dienone is 3. The van der Waals surface area contributed by atoms with E-state index < -0.39 is 30.6 Å². The van der Waals surface area contributed by atoms with Gasteiger partial charge in [0.1, 0.15) is 9.59 Å². The summed E-state index contributed by atoms with van der Waals surface area (Å²) >= 11 is 2.36. The first kappa shape index (κ1) is 23.9. The fraction of sp³-hybridized carbons (Fsp3) is 0.524. The Labute approximate surface area is 191 Å². The van der Waals surface area contributed by atoms with Crippen molar-refractivity contribution in [2.24, 2.45) is 10.8 Å². The molecule has 0 saturated carbocycles. The van der Waals surface area contributed by atoms with Crippen LogP contribution in [0, 0.1) is 17.8 Å². The molecule has 0 aromatic carbocycles. The molecule has 2 aliphatic rings. The van der Waals surface area contributed by atoms with Gasteiger partial charge in [-0.2, -0.15) is 0 Å². The Morgan fingerprint density at radius 2 is 1.81 bits per heavy atom. The molecule has 0 aliphatic carbocycles. The number of β-lactam (4-membered cyclic amide) rings is 1. The molecule has 2 aliphatic heterocycles. The molecule has 0 bridgehead atoms. The molecule has 0 radical (unpaired) electrons.